The molecule has 0 atom stereocenters. The molecule has 0 saturated carbocycles. The van der Waals surface area contributed by atoms with Crippen LogP contribution in [0.25, 0.3) is 10.8 Å². The van der Waals surface area contributed by atoms with Crippen molar-refractivity contribution < 1.29 is 9.53 Å². The zero-order valence-electron chi connectivity index (χ0n) is 11.1. The molecule has 0 aliphatic rings. The van der Waals surface area contributed by atoms with E-state index in [4.69, 9.17) is 10.6 Å². The van der Waals surface area contributed by atoms with Crippen LogP contribution in [0.3, 0.4) is 0 Å². The van der Waals surface area contributed by atoms with Crippen molar-refractivity contribution in [1.82, 2.24) is 5.43 Å². The average molecular weight is 258 g/mol. The summed E-state index contributed by atoms with van der Waals surface area (Å²) in [7, 11) is 0. The van der Waals surface area contributed by atoms with Gasteiger partial charge in [-0.2, -0.15) is 0 Å². The molecule has 19 heavy (non-hydrogen) atoms. The van der Waals surface area contributed by atoms with Crippen LogP contribution in [0.15, 0.2) is 42.5 Å². The number of hydrogen-bond donors (Lipinski definition) is 2. The molecular formula is C15H18N2O2. The van der Waals surface area contributed by atoms with Gasteiger partial charge >= 0.3 is 0 Å². The maximum Gasteiger partial charge on any atom is 0.242 e. The van der Waals surface area contributed by atoms with Crippen LogP contribution in [-0.4, -0.2) is 12.5 Å². The second kappa shape index (κ2) is 5.28. The molecule has 1 amide bonds. The van der Waals surface area contributed by atoms with E-state index < -0.39 is 5.41 Å². The highest BCUT2D eigenvalue weighted by Gasteiger charge is 2.28. The van der Waals surface area contributed by atoms with Crippen LogP contribution in [0.4, 0.5) is 0 Å². The minimum Gasteiger partial charge on any atom is -0.492 e. The molecule has 0 saturated heterocycles. The SMILES string of the molecule is CC(C)(COc1cccc2ccccc12)C(=O)NN. The molecule has 3 N–H and O–H groups in total. The third kappa shape index (κ3) is 2.85. The standard InChI is InChI=1S/C15H18N2O2/c1-15(2,14(18)17-16)10-19-13-9-5-7-11-6-3-4-8-12(11)13/h3-9H,10,16H2,1-2H3,(H,17,18). The third-order valence-electron chi connectivity index (χ3n) is 3.08. The zero-order chi connectivity index (χ0) is 13.9. The van der Waals surface area contributed by atoms with Crippen molar-refractivity contribution in [2.45, 2.75) is 13.8 Å². The second-order valence-corrected chi connectivity index (χ2v) is 5.12. The third-order valence-corrected chi connectivity index (χ3v) is 3.08. The van der Waals surface area contributed by atoms with E-state index in [1.165, 1.54) is 0 Å². The number of ether oxygens (including phenoxy) is 1. The van der Waals surface area contributed by atoms with Gasteiger partial charge < -0.3 is 4.74 Å². The number of rotatable bonds is 4. The summed E-state index contributed by atoms with van der Waals surface area (Å²) in [6.45, 7) is 3.85. The van der Waals surface area contributed by atoms with Crippen LogP contribution in [0.1, 0.15) is 13.8 Å². The number of nitrogens with two attached hydrogens (primary N) is 1. The number of hydrogen-bond acceptors (Lipinski definition) is 3. The smallest absolute Gasteiger partial charge is 0.242 e. The summed E-state index contributed by atoms with van der Waals surface area (Å²) in [6, 6.07) is 13.8. The first-order valence-corrected chi connectivity index (χ1v) is 6.16. The molecule has 0 unspecified atom stereocenters. The van der Waals surface area contributed by atoms with E-state index >= 15 is 0 Å². The van der Waals surface area contributed by atoms with Crippen molar-refractivity contribution in [3.63, 3.8) is 0 Å². The van der Waals surface area contributed by atoms with Crippen molar-refractivity contribution >= 4 is 16.7 Å². The lowest BCUT2D eigenvalue weighted by Gasteiger charge is -2.22. The fourth-order valence-electron chi connectivity index (χ4n) is 1.84. The van der Waals surface area contributed by atoms with Gasteiger partial charge in [-0.25, -0.2) is 5.84 Å². The zero-order valence-corrected chi connectivity index (χ0v) is 11.1. The summed E-state index contributed by atoms with van der Waals surface area (Å²) in [5.41, 5.74) is 1.48. The summed E-state index contributed by atoms with van der Waals surface area (Å²) in [6.07, 6.45) is 0. The Labute approximate surface area is 112 Å². The van der Waals surface area contributed by atoms with E-state index in [0.29, 0.717) is 0 Å². The quantitative estimate of drug-likeness (QED) is 0.502. The highest BCUT2D eigenvalue weighted by Crippen LogP contribution is 2.27. The van der Waals surface area contributed by atoms with Gasteiger partial charge in [-0.15, -0.1) is 0 Å². The van der Waals surface area contributed by atoms with Crippen molar-refractivity contribution in [3.8, 4) is 5.75 Å². The number of amides is 1. The Morgan fingerprint density at radius 1 is 1.21 bits per heavy atom. The molecule has 4 nitrogen and oxygen atoms in total. The Kier molecular flexibility index (Phi) is 3.71. The summed E-state index contributed by atoms with van der Waals surface area (Å²) in [4.78, 5) is 11.6. The number of carbonyl (C=O) groups excluding carboxylic acids is 1. The fourth-order valence-corrected chi connectivity index (χ4v) is 1.84. The van der Waals surface area contributed by atoms with Crippen molar-refractivity contribution in [3.05, 3.63) is 42.5 Å². The number of fused-ring (bicyclic) bond motifs is 1. The molecule has 2 aromatic carbocycles. The second-order valence-electron chi connectivity index (χ2n) is 5.12. The van der Waals surface area contributed by atoms with Crippen LogP contribution in [0, 0.1) is 5.41 Å². The molecule has 100 valence electrons. The van der Waals surface area contributed by atoms with E-state index in [9.17, 15) is 4.79 Å². The van der Waals surface area contributed by atoms with Gasteiger partial charge in [0.15, 0.2) is 0 Å². The predicted octanol–water partition coefficient (Wildman–Crippen LogP) is 2.23. The maximum atomic E-state index is 11.6. The lowest BCUT2D eigenvalue weighted by molar-refractivity contribution is -0.130. The molecule has 4 heteroatoms. The van der Waals surface area contributed by atoms with Gasteiger partial charge in [0, 0.05) is 5.39 Å². The molecule has 0 bridgehead atoms. The molecule has 0 aliphatic heterocycles. The first-order valence-electron chi connectivity index (χ1n) is 6.16. The van der Waals surface area contributed by atoms with Gasteiger partial charge in [0.25, 0.3) is 0 Å². The largest absolute Gasteiger partial charge is 0.492 e. The van der Waals surface area contributed by atoms with E-state index in [2.05, 4.69) is 5.43 Å². The Balaban J connectivity index is 2.21. The Morgan fingerprint density at radius 2 is 1.89 bits per heavy atom. The van der Waals surface area contributed by atoms with E-state index in [0.717, 1.165) is 16.5 Å². The van der Waals surface area contributed by atoms with Gasteiger partial charge in [0.2, 0.25) is 5.91 Å². The fraction of sp³-hybridized carbons (Fsp3) is 0.267. The van der Waals surface area contributed by atoms with Crippen LogP contribution < -0.4 is 16.0 Å². The Bertz CT molecular complexity index is 588. The number of hydrazine groups is 1. The van der Waals surface area contributed by atoms with Crippen LogP contribution in [0.2, 0.25) is 0 Å². The van der Waals surface area contributed by atoms with Crippen molar-refractivity contribution in [2.24, 2.45) is 11.3 Å². The predicted molar refractivity (Wildman–Crippen MR) is 75.6 cm³/mol. The number of carbonyl (C=O) groups is 1. The van der Waals surface area contributed by atoms with E-state index in [-0.39, 0.29) is 12.5 Å². The molecule has 2 rings (SSSR count). The molecule has 0 heterocycles. The summed E-state index contributed by atoms with van der Waals surface area (Å²) < 4.78 is 5.79. The summed E-state index contributed by atoms with van der Waals surface area (Å²) >= 11 is 0. The number of nitrogens with one attached hydrogen (secondary N) is 1. The molecule has 2 aromatic rings. The first-order chi connectivity index (χ1) is 9.04. The van der Waals surface area contributed by atoms with Gasteiger partial charge in [-0.05, 0) is 25.3 Å². The topological polar surface area (TPSA) is 64.3 Å². The molecular weight excluding hydrogens is 240 g/mol. The highest BCUT2D eigenvalue weighted by atomic mass is 16.5. The lowest BCUT2D eigenvalue weighted by atomic mass is 9.94. The minimum absolute atomic E-state index is 0.243. The van der Waals surface area contributed by atoms with E-state index in [1.54, 1.807) is 13.8 Å². The molecule has 0 radical (unpaired) electrons. The summed E-state index contributed by atoms with van der Waals surface area (Å²) in [5.74, 6) is 5.69. The van der Waals surface area contributed by atoms with Gasteiger partial charge in [0.05, 0.1) is 5.41 Å². The monoisotopic (exact) mass is 258 g/mol. The summed E-state index contributed by atoms with van der Waals surface area (Å²) in [5, 5.41) is 2.15. The lowest BCUT2D eigenvalue weighted by Crippen LogP contribution is -2.44. The molecule has 0 aromatic heterocycles. The maximum absolute atomic E-state index is 11.6. The Morgan fingerprint density at radius 3 is 2.63 bits per heavy atom. The first kappa shape index (κ1) is 13.4. The van der Waals surface area contributed by atoms with Crippen molar-refractivity contribution in [2.75, 3.05) is 6.61 Å². The van der Waals surface area contributed by atoms with Gasteiger partial charge in [-0.3, -0.25) is 10.2 Å². The molecule has 0 spiro atoms. The molecule has 0 fully saturated rings. The van der Waals surface area contributed by atoms with Gasteiger partial charge in [0.1, 0.15) is 12.4 Å². The normalized spacial score (nSPS) is 11.3. The minimum atomic E-state index is -0.675. The molecule has 0 aliphatic carbocycles. The van der Waals surface area contributed by atoms with Gasteiger partial charge in [-0.1, -0.05) is 36.4 Å². The highest BCUT2D eigenvalue weighted by molar-refractivity contribution is 5.88. The Hall–Kier alpha value is -2.07. The van der Waals surface area contributed by atoms with Crippen LogP contribution >= 0.6 is 0 Å². The average Bonchev–Trinajstić information content (AvgIpc) is 2.44. The number of benzene rings is 2. The van der Waals surface area contributed by atoms with Crippen LogP contribution in [-0.2, 0) is 4.79 Å². The van der Waals surface area contributed by atoms with Crippen molar-refractivity contribution in [1.29, 1.82) is 0 Å². The van der Waals surface area contributed by atoms with Crippen LogP contribution in [0.5, 0.6) is 5.75 Å². The van der Waals surface area contributed by atoms with E-state index in [1.807, 2.05) is 42.5 Å².